The minimum Gasteiger partial charge on any atom is -0.316 e. The summed E-state index contributed by atoms with van der Waals surface area (Å²) >= 11 is 0. The van der Waals surface area contributed by atoms with Gasteiger partial charge in [0.05, 0.1) is 0 Å². The Kier molecular flexibility index (Phi) is 4.94. The van der Waals surface area contributed by atoms with Gasteiger partial charge in [-0.3, -0.25) is 4.98 Å². The third kappa shape index (κ3) is 4.29. The quantitative estimate of drug-likeness (QED) is 0.883. The molecule has 106 valence electrons. The molecule has 2 heterocycles. The first-order valence-corrected chi connectivity index (χ1v) is 7.36. The van der Waals surface area contributed by atoms with Gasteiger partial charge in [0.2, 0.25) is 0 Å². The van der Waals surface area contributed by atoms with Crippen molar-refractivity contribution in [2.45, 2.75) is 33.2 Å². The van der Waals surface area contributed by atoms with E-state index < -0.39 is 0 Å². The van der Waals surface area contributed by atoms with E-state index in [1.54, 1.807) is 0 Å². The molecule has 0 aliphatic carbocycles. The molecule has 1 aromatic rings. The lowest BCUT2D eigenvalue weighted by Crippen LogP contribution is -2.43. The van der Waals surface area contributed by atoms with Crippen LogP contribution in [0.1, 0.15) is 32.3 Å². The Hall–Kier alpha value is -0.930. The maximum atomic E-state index is 4.07. The zero-order chi connectivity index (χ0) is 13.7. The second-order valence-corrected chi connectivity index (χ2v) is 6.56. The molecule has 19 heavy (non-hydrogen) atoms. The molecule has 2 rings (SSSR count). The maximum Gasteiger partial charge on any atom is 0.0271 e. The molecule has 1 unspecified atom stereocenters. The number of piperidine rings is 1. The van der Waals surface area contributed by atoms with Crippen LogP contribution in [-0.2, 0) is 6.54 Å². The van der Waals surface area contributed by atoms with Gasteiger partial charge in [-0.05, 0) is 62.0 Å². The van der Waals surface area contributed by atoms with E-state index >= 15 is 0 Å². The van der Waals surface area contributed by atoms with Crippen molar-refractivity contribution < 1.29 is 0 Å². The minimum atomic E-state index is 0.370. The van der Waals surface area contributed by atoms with Crippen molar-refractivity contribution in [2.75, 3.05) is 26.7 Å². The highest BCUT2D eigenvalue weighted by molar-refractivity contribution is 5.09. The van der Waals surface area contributed by atoms with Gasteiger partial charge in [-0.15, -0.1) is 0 Å². The molecule has 0 bridgehead atoms. The Labute approximate surface area is 117 Å². The molecule has 1 fully saturated rings. The van der Waals surface area contributed by atoms with Crippen LogP contribution < -0.4 is 5.32 Å². The van der Waals surface area contributed by atoms with Crippen molar-refractivity contribution in [2.24, 2.45) is 11.3 Å². The number of hydrogen-bond donors (Lipinski definition) is 1. The first kappa shape index (κ1) is 14.5. The van der Waals surface area contributed by atoms with Crippen LogP contribution in [0.3, 0.4) is 0 Å². The lowest BCUT2D eigenvalue weighted by atomic mass is 9.74. The number of aromatic nitrogens is 1. The van der Waals surface area contributed by atoms with Gasteiger partial charge in [-0.2, -0.15) is 0 Å². The largest absolute Gasteiger partial charge is 0.316 e. The Morgan fingerprint density at radius 2 is 2.11 bits per heavy atom. The molecule has 0 aromatic carbocycles. The summed E-state index contributed by atoms with van der Waals surface area (Å²) < 4.78 is 0. The number of nitrogens with zero attached hydrogens (tertiary/aromatic N) is 2. The summed E-state index contributed by atoms with van der Waals surface area (Å²) in [6.45, 7) is 9.34. The first-order valence-electron chi connectivity index (χ1n) is 7.36. The van der Waals surface area contributed by atoms with Gasteiger partial charge in [0, 0.05) is 25.5 Å². The van der Waals surface area contributed by atoms with Crippen molar-refractivity contribution in [3.8, 4) is 0 Å². The van der Waals surface area contributed by atoms with Crippen molar-refractivity contribution >= 4 is 0 Å². The van der Waals surface area contributed by atoms with Crippen molar-refractivity contribution in [3.05, 3.63) is 30.1 Å². The molecular weight excluding hydrogens is 234 g/mol. The highest BCUT2D eigenvalue weighted by Crippen LogP contribution is 2.32. The molecule has 1 aliphatic rings. The highest BCUT2D eigenvalue weighted by atomic mass is 15.1. The van der Waals surface area contributed by atoms with Crippen LogP contribution in [0.5, 0.6) is 0 Å². The maximum absolute atomic E-state index is 4.07. The van der Waals surface area contributed by atoms with Crippen molar-refractivity contribution in [3.63, 3.8) is 0 Å². The van der Waals surface area contributed by atoms with E-state index in [1.165, 1.54) is 31.5 Å². The van der Waals surface area contributed by atoms with E-state index in [4.69, 9.17) is 0 Å². The topological polar surface area (TPSA) is 28.2 Å². The Morgan fingerprint density at radius 1 is 1.37 bits per heavy atom. The van der Waals surface area contributed by atoms with Crippen LogP contribution in [0.4, 0.5) is 0 Å². The number of rotatable bonds is 5. The fraction of sp³-hybridized carbons (Fsp3) is 0.688. The molecule has 0 amide bonds. The van der Waals surface area contributed by atoms with Gasteiger partial charge in [-0.25, -0.2) is 0 Å². The summed E-state index contributed by atoms with van der Waals surface area (Å²) in [5, 5.41) is 3.54. The molecule has 1 saturated heterocycles. The molecule has 1 N–H and O–H groups in total. The van der Waals surface area contributed by atoms with Crippen molar-refractivity contribution in [1.29, 1.82) is 0 Å². The lowest BCUT2D eigenvalue weighted by molar-refractivity contribution is 0.111. The smallest absolute Gasteiger partial charge is 0.0271 e. The molecule has 1 aliphatic heterocycles. The van der Waals surface area contributed by atoms with Crippen LogP contribution in [0.25, 0.3) is 0 Å². The zero-order valence-electron chi connectivity index (χ0n) is 12.5. The van der Waals surface area contributed by atoms with Gasteiger partial charge in [0.25, 0.3) is 0 Å². The van der Waals surface area contributed by atoms with Gasteiger partial charge in [0.15, 0.2) is 0 Å². The van der Waals surface area contributed by atoms with Crippen LogP contribution in [0.2, 0.25) is 0 Å². The number of hydrogen-bond acceptors (Lipinski definition) is 3. The van der Waals surface area contributed by atoms with Gasteiger partial charge < -0.3 is 10.2 Å². The average Bonchev–Trinajstić information content (AvgIpc) is 2.40. The SMILES string of the molecule is CN(Cc1ccncc1)CC(C)(C)C1CCCNC1. The fourth-order valence-corrected chi connectivity index (χ4v) is 3.20. The normalized spacial score (nSPS) is 20.7. The van der Waals surface area contributed by atoms with Crippen LogP contribution in [-0.4, -0.2) is 36.6 Å². The first-order chi connectivity index (χ1) is 9.08. The van der Waals surface area contributed by atoms with Crippen LogP contribution in [0, 0.1) is 11.3 Å². The number of pyridine rings is 1. The molecule has 1 atom stereocenters. The second kappa shape index (κ2) is 6.49. The van der Waals surface area contributed by atoms with Gasteiger partial charge in [-0.1, -0.05) is 13.8 Å². The summed E-state index contributed by atoms with van der Waals surface area (Å²) in [4.78, 5) is 6.51. The lowest BCUT2D eigenvalue weighted by Gasteiger charge is -2.40. The predicted octanol–water partition coefficient (Wildman–Crippen LogP) is 2.54. The molecule has 0 radical (unpaired) electrons. The van der Waals surface area contributed by atoms with E-state index in [1.807, 2.05) is 12.4 Å². The molecule has 0 spiro atoms. The Balaban J connectivity index is 1.88. The molecular formula is C16H27N3. The molecule has 3 heteroatoms. The average molecular weight is 261 g/mol. The van der Waals surface area contributed by atoms with Gasteiger partial charge in [0.1, 0.15) is 0 Å². The van der Waals surface area contributed by atoms with E-state index in [9.17, 15) is 0 Å². The summed E-state index contributed by atoms with van der Waals surface area (Å²) in [7, 11) is 2.22. The fourth-order valence-electron chi connectivity index (χ4n) is 3.20. The Morgan fingerprint density at radius 3 is 2.74 bits per heavy atom. The van der Waals surface area contributed by atoms with E-state index in [2.05, 4.69) is 48.2 Å². The van der Waals surface area contributed by atoms with Crippen molar-refractivity contribution in [1.82, 2.24) is 15.2 Å². The summed E-state index contributed by atoms with van der Waals surface area (Å²) in [6.07, 6.45) is 6.43. The zero-order valence-corrected chi connectivity index (χ0v) is 12.5. The van der Waals surface area contributed by atoms with Crippen LogP contribution >= 0.6 is 0 Å². The number of nitrogens with one attached hydrogen (secondary N) is 1. The second-order valence-electron chi connectivity index (χ2n) is 6.56. The highest BCUT2D eigenvalue weighted by Gasteiger charge is 2.31. The summed E-state index contributed by atoms with van der Waals surface area (Å²) in [5.74, 6) is 0.793. The summed E-state index contributed by atoms with van der Waals surface area (Å²) in [5.41, 5.74) is 1.71. The van der Waals surface area contributed by atoms with E-state index in [0.29, 0.717) is 5.41 Å². The van der Waals surface area contributed by atoms with E-state index in [-0.39, 0.29) is 0 Å². The Bertz CT molecular complexity index is 369. The third-order valence-electron chi connectivity index (χ3n) is 4.28. The summed E-state index contributed by atoms with van der Waals surface area (Å²) in [6, 6.07) is 4.21. The van der Waals surface area contributed by atoms with E-state index in [0.717, 1.165) is 19.0 Å². The molecule has 0 saturated carbocycles. The predicted molar refractivity (Wildman–Crippen MR) is 79.9 cm³/mol. The minimum absolute atomic E-state index is 0.370. The third-order valence-corrected chi connectivity index (χ3v) is 4.28. The molecule has 3 nitrogen and oxygen atoms in total. The molecule has 1 aromatic heterocycles. The van der Waals surface area contributed by atoms with Gasteiger partial charge >= 0.3 is 0 Å². The standard InChI is InChI=1S/C16H27N3/c1-16(2,15-5-4-8-18-11-15)13-19(3)12-14-6-9-17-10-7-14/h6-7,9-10,15,18H,4-5,8,11-13H2,1-3H3. The monoisotopic (exact) mass is 261 g/mol. The van der Waals surface area contributed by atoms with Crippen LogP contribution in [0.15, 0.2) is 24.5 Å².